The molecule has 2 saturated heterocycles. The molecule has 0 aromatic carbocycles. The van der Waals surface area contributed by atoms with Crippen LogP contribution in [0.25, 0.3) is 6.08 Å². The van der Waals surface area contributed by atoms with E-state index < -0.39 is 0 Å². The SMILES string of the molecule is CCCCn1c(N2CCCCCC2)c(/C=C2/SC(=S)N(CCC)C2=O)c(C)c(C#N)c1=O. The second-order valence-corrected chi connectivity index (χ2v) is 10.1. The number of thiocarbonyl (C=S) groups is 1. The van der Waals surface area contributed by atoms with Gasteiger partial charge in [0.2, 0.25) is 0 Å². The molecule has 0 atom stereocenters. The van der Waals surface area contributed by atoms with E-state index in [1.54, 1.807) is 9.47 Å². The summed E-state index contributed by atoms with van der Waals surface area (Å²) >= 11 is 6.75. The number of anilines is 1. The monoisotopic (exact) mass is 472 g/mol. The van der Waals surface area contributed by atoms with Crippen LogP contribution in [0.15, 0.2) is 9.70 Å². The van der Waals surface area contributed by atoms with Gasteiger partial charge in [-0.1, -0.05) is 57.1 Å². The van der Waals surface area contributed by atoms with Crippen molar-refractivity contribution in [3.8, 4) is 6.07 Å². The highest BCUT2D eigenvalue weighted by atomic mass is 32.2. The lowest BCUT2D eigenvalue weighted by Crippen LogP contribution is -2.35. The lowest BCUT2D eigenvalue weighted by atomic mass is 10.0. The minimum Gasteiger partial charge on any atom is -0.357 e. The van der Waals surface area contributed by atoms with Crippen LogP contribution in [0.2, 0.25) is 0 Å². The van der Waals surface area contributed by atoms with Crippen molar-refractivity contribution in [3.05, 3.63) is 31.9 Å². The molecule has 0 N–H and O–H groups in total. The Labute approximate surface area is 200 Å². The summed E-state index contributed by atoms with van der Waals surface area (Å²) in [4.78, 5) is 30.9. The summed E-state index contributed by atoms with van der Waals surface area (Å²) in [7, 11) is 0. The highest BCUT2D eigenvalue weighted by Gasteiger charge is 2.32. The zero-order chi connectivity index (χ0) is 23.3. The molecule has 1 amide bonds. The maximum atomic E-state index is 13.3. The molecule has 32 heavy (non-hydrogen) atoms. The maximum Gasteiger partial charge on any atom is 0.270 e. The zero-order valence-corrected chi connectivity index (χ0v) is 20.9. The van der Waals surface area contributed by atoms with E-state index in [2.05, 4.69) is 17.9 Å². The molecule has 2 aliphatic heterocycles. The Morgan fingerprint density at radius 3 is 2.38 bits per heavy atom. The Morgan fingerprint density at radius 2 is 1.78 bits per heavy atom. The number of hydrogen-bond acceptors (Lipinski definition) is 6. The van der Waals surface area contributed by atoms with Crippen LogP contribution in [0.4, 0.5) is 5.82 Å². The minimum absolute atomic E-state index is 0.0899. The van der Waals surface area contributed by atoms with E-state index in [0.29, 0.717) is 27.9 Å². The summed E-state index contributed by atoms with van der Waals surface area (Å²) in [6.07, 6.45) is 8.99. The van der Waals surface area contributed by atoms with E-state index >= 15 is 0 Å². The number of amides is 1. The van der Waals surface area contributed by atoms with Gasteiger partial charge < -0.3 is 4.90 Å². The van der Waals surface area contributed by atoms with Crippen LogP contribution >= 0.6 is 24.0 Å². The first-order valence-electron chi connectivity index (χ1n) is 11.6. The number of nitrogens with zero attached hydrogens (tertiary/aromatic N) is 4. The normalized spacial score (nSPS) is 18.4. The van der Waals surface area contributed by atoms with Crippen LogP contribution in [-0.4, -0.2) is 39.3 Å². The highest BCUT2D eigenvalue weighted by Crippen LogP contribution is 2.36. The molecular formula is C24H32N4O2S2. The van der Waals surface area contributed by atoms with Crippen LogP contribution in [0, 0.1) is 18.3 Å². The molecule has 0 unspecified atom stereocenters. The van der Waals surface area contributed by atoms with Crippen molar-refractivity contribution in [2.45, 2.75) is 72.3 Å². The van der Waals surface area contributed by atoms with Crippen molar-refractivity contribution in [2.24, 2.45) is 0 Å². The topological polar surface area (TPSA) is 69.3 Å². The Morgan fingerprint density at radius 1 is 1.09 bits per heavy atom. The predicted octanol–water partition coefficient (Wildman–Crippen LogP) is 4.82. The molecule has 0 saturated carbocycles. The van der Waals surface area contributed by atoms with Crippen molar-refractivity contribution in [1.29, 1.82) is 5.26 Å². The fraction of sp³-hybridized carbons (Fsp3) is 0.583. The van der Waals surface area contributed by atoms with Gasteiger partial charge in [-0.3, -0.25) is 19.1 Å². The third-order valence-electron chi connectivity index (χ3n) is 6.08. The number of carbonyl (C=O) groups is 1. The minimum atomic E-state index is -0.228. The number of carbonyl (C=O) groups excluding carboxylic acids is 1. The van der Waals surface area contributed by atoms with Gasteiger partial charge in [0.1, 0.15) is 21.8 Å². The van der Waals surface area contributed by atoms with Crippen LogP contribution in [0.5, 0.6) is 0 Å². The summed E-state index contributed by atoms with van der Waals surface area (Å²) in [6, 6.07) is 2.13. The lowest BCUT2D eigenvalue weighted by Gasteiger charge is -2.29. The Balaban J connectivity index is 2.23. The van der Waals surface area contributed by atoms with Gasteiger partial charge in [-0.15, -0.1) is 0 Å². The largest absolute Gasteiger partial charge is 0.357 e. The smallest absolute Gasteiger partial charge is 0.270 e. The maximum absolute atomic E-state index is 13.3. The molecule has 0 aliphatic carbocycles. The fourth-order valence-electron chi connectivity index (χ4n) is 4.34. The first-order valence-corrected chi connectivity index (χ1v) is 12.8. The van der Waals surface area contributed by atoms with E-state index in [0.717, 1.165) is 56.6 Å². The number of pyridine rings is 1. The molecule has 8 heteroatoms. The van der Waals surface area contributed by atoms with E-state index in [1.165, 1.54) is 24.6 Å². The summed E-state index contributed by atoms with van der Waals surface area (Å²) in [5.74, 6) is 0.760. The van der Waals surface area contributed by atoms with Gasteiger partial charge in [0.15, 0.2) is 0 Å². The number of thioether (sulfide) groups is 1. The predicted molar refractivity (Wildman–Crippen MR) is 136 cm³/mol. The quantitative estimate of drug-likeness (QED) is 0.419. The number of hydrogen-bond donors (Lipinski definition) is 0. The van der Waals surface area contributed by atoms with Gasteiger partial charge in [0, 0.05) is 31.7 Å². The molecular weight excluding hydrogens is 440 g/mol. The average Bonchev–Trinajstić information content (AvgIpc) is 2.96. The molecule has 6 nitrogen and oxygen atoms in total. The van der Waals surface area contributed by atoms with Gasteiger partial charge in [-0.2, -0.15) is 5.26 Å². The highest BCUT2D eigenvalue weighted by molar-refractivity contribution is 8.26. The first-order chi connectivity index (χ1) is 15.4. The van der Waals surface area contributed by atoms with Crippen molar-refractivity contribution >= 4 is 46.1 Å². The summed E-state index contributed by atoms with van der Waals surface area (Å²) in [5, 5.41) is 9.79. The molecule has 3 rings (SSSR count). The molecule has 1 aromatic heterocycles. The number of unbranched alkanes of at least 4 members (excludes halogenated alkanes) is 1. The molecule has 2 fully saturated rings. The second kappa shape index (κ2) is 11.2. The third-order valence-corrected chi connectivity index (χ3v) is 7.46. The Kier molecular flexibility index (Phi) is 8.55. The van der Waals surface area contributed by atoms with Crippen molar-refractivity contribution in [1.82, 2.24) is 9.47 Å². The van der Waals surface area contributed by atoms with Crippen molar-refractivity contribution in [3.63, 3.8) is 0 Å². The van der Waals surface area contributed by atoms with Gasteiger partial charge in [-0.05, 0) is 44.2 Å². The molecule has 0 spiro atoms. The van der Waals surface area contributed by atoms with Crippen molar-refractivity contribution < 1.29 is 4.79 Å². The van der Waals surface area contributed by atoms with Gasteiger partial charge >= 0.3 is 0 Å². The Hall–Kier alpha value is -2.11. The number of nitriles is 1. The van der Waals surface area contributed by atoms with Gasteiger partial charge in [-0.25, -0.2) is 0 Å². The van der Waals surface area contributed by atoms with E-state index in [4.69, 9.17) is 12.2 Å². The lowest BCUT2D eigenvalue weighted by molar-refractivity contribution is -0.122. The molecule has 0 bridgehead atoms. The average molecular weight is 473 g/mol. The molecule has 1 aromatic rings. The zero-order valence-electron chi connectivity index (χ0n) is 19.3. The molecule has 2 aliphatic rings. The van der Waals surface area contributed by atoms with Crippen LogP contribution in [0.1, 0.15) is 75.5 Å². The van der Waals surface area contributed by atoms with E-state index in [-0.39, 0.29) is 17.0 Å². The molecule has 172 valence electrons. The summed E-state index contributed by atoms with van der Waals surface area (Å²) in [6.45, 7) is 8.84. The van der Waals surface area contributed by atoms with Gasteiger partial charge in [0.25, 0.3) is 11.5 Å². The number of rotatable bonds is 7. The number of aromatic nitrogens is 1. The van der Waals surface area contributed by atoms with Crippen LogP contribution in [-0.2, 0) is 11.3 Å². The fourth-order valence-corrected chi connectivity index (χ4v) is 5.63. The first kappa shape index (κ1) is 24.5. The third kappa shape index (κ3) is 4.94. The van der Waals surface area contributed by atoms with E-state index in [1.807, 2.05) is 19.9 Å². The van der Waals surface area contributed by atoms with Crippen molar-refractivity contribution in [2.75, 3.05) is 24.5 Å². The summed E-state index contributed by atoms with van der Waals surface area (Å²) in [5.41, 5.74) is 1.38. The van der Waals surface area contributed by atoms with Crippen LogP contribution in [0.3, 0.4) is 0 Å². The van der Waals surface area contributed by atoms with Crippen LogP contribution < -0.4 is 10.5 Å². The van der Waals surface area contributed by atoms with Gasteiger partial charge in [0.05, 0.1) is 4.91 Å². The molecule has 0 radical (unpaired) electrons. The van der Waals surface area contributed by atoms with E-state index in [9.17, 15) is 14.9 Å². The second-order valence-electron chi connectivity index (χ2n) is 8.39. The molecule has 3 heterocycles. The Bertz CT molecular complexity index is 1010. The standard InChI is InChI=1S/C24H32N4O2S2/c1-4-6-14-27-21(26-12-9-7-8-10-13-26)18(17(3)19(16-25)22(27)29)15-20-23(30)28(11-5-2)24(31)32-20/h15H,4-14H2,1-3H3/b20-15+. The summed E-state index contributed by atoms with van der Waals surface area (Å²) < 4.78 is 2.34.